The summed E-state index contributed by atoms with van der Waals surface area (Å²) < 4.78 is 14.2. The summed E-state index contributed by atoms with van der Waals surface area (Å²) in [6.45, 7) is 2.86. The summed E-state index contributed by atoms with van der Waals surface area (Å²) in [5, 5.41) is 28.4. The van der Waals surface area contributed by atoms with Crippen molar-refractivity contribution in [2.45, 2.75) is 33.3 Å². The van der Waals surface area contributed by atoms with Crippen LogP contribution in [0.15, 0.2) is 83.1 Å². The van der Waals surface area contributed by atoms with E-state index in [4.69, 9.17) is 57.4 Å². The van der Waals surface area contributed by atoms with E-state index in [9.17, 15) is 4.79 Å². The van der Waals surface area contributed by atoms with Crippen molar-refractivity contribution in [2.75, 3.05) is 0 Å². The van der Waals surface area contributed by atoms with Gasteiger partial charge in [-0.1, -0.05) is 34.8 Å². The van der Waals surface area contributed by atoms with Crippen molar-refractivity contribution in [3.8, 4) is 5.75 Å². The average Bonchev–Trinajstić information content (AvgIpc) is 3.31. The molecule has 0 unspecified atom stereocenters. The minimum atomic E-state index is -3.23. The van der Waals surface area contributed by atoms with Crippen LogP contribution in [0.4, 0.5) is 0 Å². The van der Waals surface area contributed by atoms with Crippen LogP contribution in [0.3, 0.4) is 0 Å². The summed E-state index contributed by atoms with van der Waals surface area (Å²) in [6.07, 6.45) is 3.88. The Morgan fingerprint density at radius 1 is 0.886 bits per heavy atom. The fourth-order valence-corrected chi connectivity index (χ4v) is 23.5. The van der Waals surface area contributed by atoms with Crippen molar-refractivity contribution in [3.63, 3.8) is 0 Å². The molecular weight excluding hydrogens is 612 g/mol. The Morgan fingerprint density at radius 2 is 1.31 bits per heavy atom. The third-order valence-corrected chi connectivity index (χ3v) is 24.5. The molecule has 2 aliphatic rings. The van der Waals surface area contributed by atoms with E-state index in [0.717, 1.165) is 10.1 Å². The number of benzene rings is 1. The van der Waals surface area contributed by atoms with E-state index in [1.807, 2.05) is 46.1 Å². The standard InChI is InChI=1S/C7H6O3.2C5H5NOS.C4H7Cl3O.Zn/c8-6-3-1-5(2-4-6)7(9)10;2*7-6-4-2-1-3-5(6)8;1-3(2,8)4(5,6)7;/h1-4,8H,(H,9,10);2*1-4,8H;8H,1-2H3;/q;;;;+4/p-2. The molecule has 0 saturated carbocycles. The van der Waals surface area contributed by atoms with Crippen LogP contribution in [0.25, 0.3) is 0 Å². The van der Waals surface area contributed by atoms with E-state index < -0.39 is 28.4 Å². The van der Waals surface area contributed by atoms with Gasteiger partial charge in [0.05, 0.1) is 5.56 Å². The number of aromatic hydroxyl groups is 1. The molecule has 3 aromatic rings. The molecule has 1 spiro atoms. The molecule has 1 aromatic carbocycles. The van der Waals surface area contributed by atoms with Gasteiger partial charge in [-0.3, -0.25) is 0 Å². The van der Waals surface area contributed by atoms with Crippen LogP contribution in [-0.2, 0) is 13.1 Å². The van der Waals surface area contributed by atoms with Crippen molar-refractivity contribution in [3.05, 3.63) is 78.6 Å². The number of phenolic OH excluding ortho intramolecular Hbond substituents is 1. The summed E-state index contributed by atoms with van der Waals surface area (Å²) in [4.78, 5) is 10.2. The molecule has 2 aliphatic heterocycles. The molecule has 3 N–H and O–H groups in total. The Kier molecular flexibility index (Phi) is 9.07. The van der Waals surface area contributed by atoms with E-state index >= 15 is 0 Å². The number of carbonyl (C=O) groups is 1. The summed E-state index contributed by atoms with van der Waals surface area (Å²) in [5.41, 5.74) is -1.09. The summed E-state index contributed by atoms with van der Waals surface area (Å²) in [7, 11) is 3.56. The third-order valence-electron chi connectivity index (χ3n) is 4.63. The van der Waals surface area contributed by atoms with E-state index in [-0.39, 0.29) is 11.3 Å². The van der Waals surface area contributed by atoms with Gasteiger partial charge in [0.25, 0.3) is 0 Å². The predicted octanol–water partition coefficient (Wildman–Crippen LogP) is 4.06. The molecule has 0 bridgehead atoms. The van der Waals surface area contributed by atoms with Gasteiger partial charge >= 0.3 is 114 Å². The normalized spacial score (nSPS) is 13.9. The molecule has 5 rings (SSSR count). The van der Waals surface area contributed by atoms with Crippen LogP contribution < -0.4 is 16.8 Å². The van der Waals surface area contributed by atoms with Gasteiger partial charge in [0.1, 0.15) is 11.4 Å². The number of pyridine rings is 2. The van der Waals surface area contributed by atoms with Crippen LogP contribution >= 0.6 is 54.3 Å². The Bertz CT molecular complexity index is 1070. The number of carboxylic acids is 1. The molecule has 184 valence electrons. The fourth-order valence-electron chi connectivity index (χ4n) is 2.73. The van der Waals surface area contributed by atoms with Crippen LogP contribution in [0.2, 0.25) is 0 Å². The first kappa shape index (κ1) is 28.1. The van der Waals surface area contributed by atoms with Gasteiger partial charge in [-0.05, 0) is 38.1 Å². The second kappa shape index (κ2) is 11.3. The van der Waals surface area contributed by atoms with Crippen LogP contribution in [-0.4, -0.2) is 30.7 Å². The van der Waals surface area contributed by atoms with Gasteiger partial charge < -0.3 is 15.3 Å². The van der Waals surface area contributed by atoms with Gasteiger partial charge in [0.15, 0.2) is 0 Å². The molecule has 0 atom stereocenters. The number of aromatic nitrogens is 2. The number of alkyl halides is 3. The zero-order valence-corrected chi connectivity index (χ0v) is 25.4. The van der Waals surface area contributed by atoms with Gasteiger partial charge in [-0.25, -0.2) is 4.79 Å². The molecule has 4 heterocycles. The molecule has 0 radical (unpaired) electrons. The number of hydrogen-bond acceptors (Lipinski definition) is 7. The van der Waals surface area contributed by atoms with E-state index in [0.29, 0.717) is 0 Å². The number of phenols is 1. The SMILES string of the molecule is CC(C)(O)C(Cl)(Cl)Cl.O=C(O)c1ccc(O)cc1.c1cc[n+]2c(c1)[S][Zn]1([O]2)[O][n+]2ccccc2[S]1. The Hall–Kier alpha value is -1.46. The van der Waals surface area contributed by atoms with Gasteiger partial charge in [-0.15, -0.1) is 0 Å². The van der Waals surface area contributed by atoms with Crippen molar-refractivity contribution >= 4 is 60.3 Å². The number of nitrogens with zero attached hydrogens (tertiary/aromatic N) is 2. The van der Waals surface area contributed by atoms with Crippen molar-refractivity contribution in [2.24, 2.45) is 0 Å². The summed E-state index contributed by atoms with van der Waals surface area (Å²) >= 11 is 12.6. The number of aliphatic hydroxyl groups is 1. The Balaban J connectivity index is 0.000000164. The number of carboxylic acid groups (broad SMARTS) is 1. The quantitative estimate of drug-likeness (QED) is 0.210. The van der Waals surface area contributed by atoms with Crippen LogP contribution in [0.1, 0.15) is 24.2 Å². The molecule has 35 heavy (non-hydrogen) atoms. The maximum absolute atomic E-state index is 10.2. The number of halogens is 3. The topological polar surface area (TPSA) is 104 Å². The third kappa shape index (κ3) is 7.52. The Labute approximate surface area is 226 Å². The van der Waals surface area contributed by atoms with Crippen LogP contribution in [0.5, 0.6) is 5.75 Å². The van der Waals surface area contributed by atoms with Crippen LogP contribution in [0, 0.1) is 0 Å². The molecule has 0 aliphatic carbocycles. The molecule has 0 amide bonds. The molecule has 0 fully saturated rings. The average molecular weight is 633 g/mol. The van der Waals surface area contributed by atoms with E-state index in [1.54, 1.807) is 19.5 Å². The minimum absolute atomic E-state index is 0.0741. The van der Waals surface area contributed by atoms with E-state index in [1.165, 1.54) is 38.1 Å². The molecule has 8 nitrogen and oxygen atoms in total. The van der Waals surface area contributed by atoms with Gasteiger partial charge in [0, 0.05) is 0 Å². The number of fused-ring (bicyclic) bond motifs is 2. The molecule has 2 aromatic heterocycles. The van der Waals surface area contributed by atoms with Crippen molar-refractivity contribution < 1.29 is 50.0 Å². The second-order valence-corrected chi connectivity index (χ2v) is 29.1. The monoisotopic (exact) mass is 630 g/mol. The predicted molar refractivity (Wildman–Crippen MR) is 130 cm³/mol. The fraction of sp³-hybridized carbons (Fsp3) is 0.190. The van der Waals surface area contributed by atoms with Crippen molar-refractivity contribution in [1.29, 1.82) is 0 Å². The molecule has 0 saturated heterocycles. The first-order valence-electron chi connectivity index (χ1n) is 10.2. The van der Waals surface area contributed by atoms with Crippen molar-refractivity contribution in [1.82, 2.24) is 0 Å². The van der Waals surface area contributed by atoms with E-state index in [2.05, 4.69) is 12.1 Å². The molecular formula is C21H21Cl3N2O6S2Zn+2. The summed E-state index contributed by atoms with van der Waals surface area (Å²) in [5.74, 6) is -0.912. The number of hydrogen-bond donors (Lipinski definition) is 3. The zero-order valence-electron chi connectivity index (χ0n) is 18.5. The summed E-state index contributed by atoms with van der Waals surface area (Å²) in [6, 6.07) is 17.5. The molecule has 14 heteroatoms. The zero-order chi connectivity index (χ0) is 25.9. The Morgan fingerprint density at radius 3 is 1.66 bits per heavy atom. The number of aromatic carboxylic acids is 1. The van der Waals surface area contributed by atoms with Gasteiger partial charge in [-0.2, -0.15) is 0 Å². The first-order chi connectivity index (χ1) is 16.3. The number of rotatable bonds is 1. The first-order valence-corrected chi connectivity index (χ1v) is 23.0. The maximum atomic E-state index is 10.2. The second-order valence-electron chi connectivity index (χ2n) is 7.89. The van der Waals surface area contributed by atoms with Gasteiger partial charge in [0.2, 0.25) is 3.79 Å².